The van der Waals surface area contributed by atoms with Crippen molar-refractivity contribution in [1.82, 2.24) is 0 Å². The minimum absolute atomic E-state index is 0.00871. The van der Waals surface area contributed by atoms with Gasteiger partial charge in [0.05, 0.1) is 10.6 Å². The molecule has 2 aromatic carbocycles. The molecular weight excluding hydrogens is 367 g/mol. The zero-order valence-corrected chi connectivity index (χ0v) is 15.3. The van der Waals surface area contributed by atoms with E-state index in [4.69, 9.17) is 16.3 Å². The lowest BCUT2D eigenvalue weighted by atomic mass is 10.1. The van der Waals surface area contributed by atoms with Gasteiger partial charge in [-0.15, -0.1) is 0 Å². The Morgan fingerprint density at radius 3 is 2.46 bits per heavy atom. The van der Waals surface area contributed by atoms with Crippen molar-refractivity contribution in [1.29, 1.82) is 0 Å². The third-order valence-electron chi connectivity index (χ3n) is 3.80. The molecule has 140 valence electrons. The summed E-state index contributed by atoms with van der Waals surface area (Å²) in [6.07, 6.45) is -5.07. The zero-order valence-electron chi connectivity index (χ0n) is 14.6. The Morgan fingerprint density at radius 1 is 1.19 bits per heavy atom. The topological polar surface area (TPSA) is 38.3 Å². The molecule has 0 aromatic heterocycles. The highest BCUT2D eigenvalue weighted by molar-refractivity contribution is 6.31. The van der Waals surface area contributed by atoms with E-state index in [1.54, 1.807) is 13.0 Å². The van der Waals surface area contributed by atoms with Crippen molar-refractivity contribution in [2.75, 3.05) is 5.32 Å². The maximum atomic E-state index is 12.9. The number of alkyl halides is 3. The number of amides is 1. The number of rotatable bonds is 5. The number of anilines is 1. The number of carbonyl (C=O) groups excluding carboxylic acids is 1. The van der Waals surface area contributed by atoms with E-state index in [0.717, 1.165) is 23.3 Å². The third-order valence-corrected chi connectivity index (χ3v) is 4.13. The fourth-order valence-electron chi connectivity index (χ4n) is 2.45. The van der Waals surface area contributed by atoms with Crippen molar-refractivity contribution in [2.24, 2.45) is 0 Å². The molecule has 0 saturated heterocycles. The van der Waals surface area contributed by atoms with Crippen LogP contribution >= 0.6 is 11.6 Å². The summed E-state index contributed by atoms with van der Waals surface area (Å²) in [4.78, 5) is 12.4. The van der Waals surface area contributed by atoms with E-state index in [1.165, 1.54) is 6.07 Å². The Kier molecular flexibility index (Phi) is 6.18. The predicted octanol–water partition coefficient (Wildman–Crippen LogP) is 5.77. The van der Waals surface area contributed by atoms with Gasteiger partial charge < -0.3 is 10.1 Å². The fourth-order valence-corrected chi connectivity index (χ4v) is 2.67. The predicted molar refractivity (Wildman–Crippen MR) is 95.7 cm³/mol. The summed E-state index contributed by atoms with van der Waals surface area (Å²) in [7, 11) is 0. The van der Waals surface area contributed by atoms with Crippen LogP contribution in [0.3, 0.4) is 0 Å². The van der Waals surface area contributed by atoms with Gasteiger partial charge in [-0.2, -0.15) is 13.2 Å². The Labute approximate surface area is 155 Å². The van der Waals surface area contributed by atoms with Gasteiger partial charge in [0, 0.05) is 5.69 Å². The second-order valence-corrected chi connectivity index (χ2v) is 6.37. The van der Waals surface area contributed by atoms with Crippen LogP contribution in [0.2, 0.25) is 5.02 Å². The molecule has 1 atom stereocenters. The molecule has 0 heterocycles. The fraction of sp³-hybridized carbons (Fsp3) is 0.316. The van der Waals surface area contributed by atoms with E-state index in [1.807, 2.05) is 26.0 Å². The van der Waals surface area contributed by atoms with E-state index in [2.05, 4.69) is 5.32 Å². The molecule has 0 aliphatic carbocycles. The number of nitrogens with one attached hydrogen (secondary N) is 1. The van der Waals surface area contributed by atoms with Crippen LogP contribution in [0.15, 0.2) is 36.4 Å². The summed E-state index contributed by atoms with van der Waals surface area (Å²) in [5, 5.41) is 2.04. The molecular formula is C19H19ClF3NO2. The van der Waals surface area contributed by atoms with Crippen LogP contribution in [0.5, 0.6) is 5.75 Å². The largest absolute Gasteiger partial charge is 0.480 e. The second kappa shape index (κ2) is 7.99. The first-order chi connectivity index (χ1) is 12.1. The van der Waals surface area contributed by atoms with Gasteiger partial charge >= 0.3 is 6.18 Å². The number of halogens is 4. The molecule has 2 aromatic rings. The molecule has 0 unspecified atom stereocenters. The monoisotopic (exact) mass is 385 g/mol. The lowest BCUT2D eigenvalue weighted by Gasteiger charge is -2.19. The smallest absolute Gasteiger partial charge is 0.417 e. The number of benzene rings is 2. The van der Waals surface area contributed by atoms with Crippen molar-refractivity contribution in [2.45, 2.75) is 39.5 Å². The zero-order chi connectivity index (χ0) is 19.5. The third kappa shape index (κ3) is 4.91. The minimum Gasteiger partial charge on any atom is -0.480 e. The van der Waals surface area contributed by atoms with Gasteiger partial charge in [-0.25, -0.2) is 0 Å². The van der Waals surface area contributed by atoms with Crippen LogP contribution in [0.25, 0.3) is 0 Å². The van der Waals surface area contributed by atoms with Crippen LogP contribution in [-0.2, 0) is 11.0 Å². The number of aryl methyl sites for hydroxylation is 2. The highest BCUT2D eigenvalue weighted by Crippen LogP contribution is 2.36. The molecule has 7 heteroatoms. The van der Waals surface area contributed by atoms with Crippen molar-refractivity contribution < 1.29 is 22.7 Å². The van der Waals surface area contributed by atoms with Gasteiger partial charge in [0.1, 0.15) is 5.75 Å². The van der Waals surface area contributed by atoms with Crippen LogP contribution in [0.4, 0.5) is 18.9 Å². The first kappa shape index (κ1) is 20.1. The van der Waals surface area contributed by atoms with Crippen molar-refractivity contribution >= 4 is 23.2 Å². The summed E-state index contributed by atoms with van der Waals surface area (Å²) in [5.41, 5.74) is 0.949. The molecule has 2 rings (SSSR count). The lowest BCUT2D eigenvalue weighted by Crippen LogP contribution is -2.32. The summed E-state index contributed by atoms with van der Waals surface area (Å²) >= 11 is 5.59. The van der Waals surface area contributed by atoms with Gasteiger partial charge in [0.15, 0.2) is 6.10 Å². The molecule has 26 heavy (non-hydrogen) atoms. The molecule has 0 fully saturated rings. The Balaban J connectivity index is 2.17. The summed E-state index contributed by atoms with van der Waals surface area (Å²) in [6.45, 7) is 5.57. The molecule has 0 spiro atoms. The number of carbonyl (C=O) groups is 1. The highest BCUT2D eigenvalue weighted by Gasteiger charge is 2.33. The first-order valence-corrected chi connectivity index (χ1v) is 8.41. The second-order valence-electron chi connectivity index (χ2n) is 5.97. The van der Waals surface area contributed by atoms with E-state index < -0.39 is 28.8 Å². The van der Waals surface area contributed by atoms with E-state index in [9.17, 15) is 18.0 Å². The minimum atomic E-state index is -4.60. The van der Waals surface area contributed by atoms with Gasteiger partial charge in [-0.1, -0.05) is 36.2 Å². The Hall–Kier alpha value is -2.21. The molecule has 0 aliphatic rings. The van der Waals surface area contributed by atoms with Crippen LogP contribution in [0, 0.1) is 13.8 Å². The standard InChI is InChI=1S/C19H19ClF3NO2/c1-4-16(26-17-8-5-11(2)9-12(17)3)18(25)24-13-6-7-15(20)14(10-13)19(21,22)23/h5-10,16H,4H2,1-3H3,(H,24,25)/t16-/m1/s1. The summed E-state index contributed by atoms with van der Waals surface area (Å²) in [6, 6.07) is 8.79. The van der Waals surface area contributed by atoms with Gasteiger partial charge in [0.25, 0.3) is 5.91 Å². The average Bonchev–Trinajstić information content (AvgIpc) is 2.54. The van der Waals surface area contributed by atoms with E-state index >= 15 is 0 Å². The molecule has 1 amide bonds. The average molecular weight is 386 g/mol. The summed E-state index contributed by atoms with van der Waals surface area (Å²) in [5.74, 6) is 0.0348. The molecule has 0 saturated carbocycles. The first-order valence-electron chi connectivity index (χ1n) is 8.03. The Bertz CT molecular complexity index is 806. The van der Waals surface area contributed by atoms with E-state index in [0.29, 0.717) is 12.2 Å². The SMILES string of the molecule is CC[C@@H](Oc1ccc(C)cc1C)C(=O)Nc1ccc(Cl)c(C(F)(F)F)c1. The molecule has 1 N–H and O–H groups in total. The highest BCUT2D eigenvalue weighted by atomic mass is 35.5. The van der Waals surface area contributed by atoms with Crippen LogP contribution in [0.1, 0.15) is 30.0 Å². The van der Waals surface area contributed by atoms with Crippen LogP contribution in [-0.4, -0.2) is 12.0 Å². The lowest BCUT2D eigenvalue weighted by molar-refractivity contribution is -0.137. The normalized spacial score (nSPS) is 12.6. The van der Waals surface area contributed by atoms with Gasteiger partial charge in [-0.05, 0) is 50.1 Å². The van der Waals surface area contributed by atoms with E-state index in [-0.39, 0.29) is 5.69 Å². The molecule has 0 radical (unpaired) electrons. The quantitative estimate of drug-likeness (QED) is 0.709. The molecule has 0 aliphatic heterocycles. The van der Waals surface area contributed by atoms with Crippen molar-refractivity contribution in [3.63, 3.8) is 0 Å². The molecule has 3 nitrogen and oxygen atoms in total. The van der Waals surface area contributed by atoms with Crippen molar-refractivity contribution in [3.8, 4) is 5.75 Å². The van der Waals surface area contributed by atoms with Gasteiger partial charge in [-0.3, -0.25) is 4.79 Å². The Morgan fingerprint density at radius 2 is 1.88 bits per heavy atom. The van der Waals surface area contributed by atoms with Crippen molar-refractivity contribution in [3.05, 3.63) is 58.1 Å². The summed E-state index contributed by atoms with van der Waals surface area (Å²) < 4.78 is 44.5. The van der Waals surface area contributed by atoms with Gasteiger partial charge in [0.2, 0.25) is 0 Å². The maximum absolute atomic E-state index is 12.9. The number of hydrogen-bond donors (Lipinski definition) is 1. The molecule has 0 bridgehead atoms. The number of ether oxygens (including phenoxy) is 1. The number of hydrogen-bond acceptors (Lipinski definition) is 2. The maximum Gasteiger partial charge on any atom is 0.417 e. The van der Waals surface area contributed by atoms with Crippen LogP contribution < -0.4 is 10.1 Å².